The van der Waals surface area contributed by atoms with Crippen molar-refractivity contribution in [2.75, 3.05) is 19.1 Å². The Hall–Kier alpha value is -1.66. The number of thioether (sulfide) groups is 2. The number of hydrogen-bond acceptors (Lipinski definition) is 5. The summed E-state index contributed by atoms with van der Waals surface area (Å²) in [5.41, 5.74) is 0.713. The van der Waals surface area contributed by atoms with Crippen LogP contribution < -0.4 is 10.3 Å². The van der Waals surface area contributed by atoms with E-state index in [2.05, 4.69) is 11.6 Å². The van der Waals surface area contributed by atoms with Crippen LogP contribution in [0.2, 0.25) is 0 Å². The molecule has 0 bridgehead atoms. The summed E-state index contributed by atoms with van der Waals surface area (Å²) < 4.78 is 6.77. The summed E-state index contributed by atoms with van der Waals surface area (Å²) in [5, 5.41) is 0.660. The van der Waals surface area contributed by atoms with Gasteiger partial charge in [-0.15, -0.1) is 18.3 Å². The molecule has 0 unspecified atom stereocenters. The van der Waals surface area contributed by atoms with Gasteiger partial charge < -0.3 is 4.74 Å². The fraction of sp³-hybridized carbons (Fsp3) is 0.200. The number of aromatic nitrogens is 2. The minimum atomic E-state index is -0.0635. The molecular formula is C15H16N2O2S2. The van der Waals surface area contributed by atoms with Crippen molar-refractivity contribution in [3.63, 3.8) is 0 Å². The lowest BCUT2D eigenvalue weighted by molar-refractivity contribution is 0.414. The van der Waals surface area contributed by atoms with Gasteiger partial charge in [0.2, 0.25) is 0 Å². The lowest BCUT2D eigenvalue weighted by atomic mass is 10.3. The fourth-order valence-electron chi connectivity index (χ4n) is 1.77. The average Bonchev–Trinajstić information content (AvgIpc) is 2.53. The normalized spacial score (nSPS) is 10.4. The van der Waals surface area contributed by atoms with Crippen molar-refractivity contribution >= 4 is 23.5 Å². The summed E-state index contributed by atoms with van der Waals surface area (Å²) in [6.07, 6.45) is 5.30. The summed E-state index contributed by atoms with van der Waals surface area (Å²) in [6, 6.07) is 7.36. The van der Waals surface area contributed by atoms with Gasteiger partial charge in [-0.05, 0) is 30.5 Å². The number of benzene rings is 1. The third-order valence-electron chi connectivity index (χ3n) is 2.77. The van der Waals surface area contributed by atoms with Crippen molar-refractivity contribution in [1.29, 1.82) is 0 Å². The molecule has 1 aromatic carbocycles. The van der Waals surface area contributed by atoms with Crippen molar-refractivity contribution in [3.8, 4) is 11.4 Å². The van der Waals surface area contributed by atoms with Crippen molar-refractivity contribution in [3.05, 3.63) is 53.5 Å². The highest BCUT2D eigenvalue weighted by atomic mass is 32.2. The van der Waals surface area contributed by atoms with Crippen LogP contribution in [-0.2, 0) is 0 Å². The Morgan fingerprint density at radius 2 is 2.10 bits per heavy atom. The van der Waals surface area contributed by atoms with Crippen LogP contribution in [0.25, 0.3) is 5.69 Å². The summed E-state index contributed by atoms with van der Waals surface area (Å²) in [7, 11) is 1.61. The zero-order valence-electron chi connectivity index (χ0n) is 11.9. The van der Waals surface area contributed by atoms with Gasteiger partial charge in [0.15, 0.2) is 5.16 Å². The molecular weight excluding hydrogens is 304 g/mol. The van der Waals surface area contributed by atoms with Gasteiger partial charge >= 0.3 is 0 Å². The van der Waals surface area contributed by atoms with E-state index in [0.29, 0.717) is 15.8 Å². The van der Waals surface area contributed by atoms with Crippen LogP contribution in [0, 0.1) is 0 Å². The molecule has 110 valence electrons. The van der Waals surface area contributed by atoms with E-state index >= 15 is 0 Å². The smallest absolute Gasteiger partial charge is 0.272 e. The van der Waals surface area contributed by atoms with Crippen molar-refractivity contribution in [2.24, 2.45) is 0 Å². The molecule has 0 saturated carbocycles. The number of nitrogens with zero attached hydrogens (tertiary/aromatic N) is 2. The molecule has 1 aromatic heterocycles. The fourth-order valence-corrected chi connectivity index (χ4v) is 2.94. The van der Waals surface area contributed by atoms with Crippen molar-refractivity contribution < 1.29 is 4.74 Å². The Kier molecular flexibility index (Phi) is 5.52. The average molecular weight is 320 g/mol. The van der Waals surface area contributed by atoms with Gasteiger partial charge in [0.1, 0.15) is 5.75 Å². The second kappa shape index (κ2) is 7.38. The monoisotopic (exact) mass is 320 g/mol. The van der Waals surface area contributed by atoms with E-state index in [9.17, 15) is 4.79 Å². The van der Waals surface area contributed by atoms with E-state index in [-0.39, 0.29) is 5.56 Å². The number of methoxy groups -OCH3 is 1. The Morgan fingerprint density at radius 1 is 1.38 bits per heavy atom. The van der Waals surface area contributed by atoms with Gasteiger partial charge in [0.05, 0.1) is 17.7 Å². The van der Waals surface area contributed by atoms with Gasteiger partial charge in [0, 0.05) is 11.9 Å². The molecule has 4 nitrogen and oxygen atoms in total. The highest BCUT2D eigenvalue weighted by molar-refractivity contribution is 7.99. The minimum absolute atomic E-state index is 0.0635. The molecule has 0 N–H and O–H groups in total. The summed E-state index contributed by atoms with van der Waals surface area (Å²) in [4.78, 5) is 17.6. The maximum atomic E-state index is 12.6. The Labute approximate surface area is 132 Å². The maximum absolute atomic E-state index is 12.6. The largest absolute Gasteiger partial charge is 0.497 e. The van der Waals surface area contributed by atoms with E-state index in [1.54, 1.807) is 23.9 Å². The van der Waals surface area contributed by atoms with Crippen LogP contribution in [0.15, 0.2) is 58.0 Å². The van der Waals surface area contributed by atoms with Crippen molar-refractivity contribution in [2.45, 2.75) is 10.1 Å². The molecule has 0 atom stereocenters. The maximum Gasteiger partial charge on any atom is 0.272 e. The van der Waals surface area contributed by atoms with Crippen LogP contribution in [0.1, 0.15) is 0 Å². The van der Waals surface area contributed by atoms with E-state index in [4.69, 9.17) is 4.74 Å². The summed E-state index contributed by atoms with van der Waals surface area (Å²) >= 11 is 2.87. The standard InChI is InChI=1S/C15H16N2O2S2/c1-4-9-21-13-10-16-15(20-3)17(14(13)18)11-5-7-12(19-2)8-6-11/h4-8,10H,1,9H2,2-3H3. The first-order valence-electron chi connectivity index (χ1n) is 6.25. The molecule has 0 aliphatic rings. The van der Waals surface area contributed by atoms with Gasteiger partial charge in [-0.1, -0.05) is 17.8 Å². The van der Waals surface area contributed by atoms with Crippen LogP contribution in [0.4, 0.5) is 0 Å². The van der Waals surface area contributed by atoms with Crippen LogP contribution in [0.5, 0.6) is 5.75 Å². The molecule has 0 saturated heterocycles. The molecule has 0 fully saturated rings. The van der Waals surface area contributed by atoms with Gasteiger partial charge in [0.25, 0.3) is 5.56 Å². The summed E-state index contributed by atoms with van der Waals surface area (Å²) in [6.45, 7) is 3.67. The van der Waals surface area contributed by atoms with Crippen LogP contribution >= 0.6 is 23.5 Å². The first-order chi connectivity index (χ1) is 10.2. The Balaban J connectivity index is 2.53. The highest BCUT2D eigenvalue weighted by Gasteiger charge is 2.11. The molecule has 0 spiro atoms. The SMILES string of the molecule is C=CCSc1cnc(SC)n(-c2ccc(OC)cc2)c1=O. The molecule has 2 rings (SSSR count). The molecule has 0 aliphatic carbocycles. The topological polar surface area (TPSA) is 44.1 Å². The highest BCUT2D eigenvalue weighted by Crippen LogP contribution is 2.21. The van der Waals surface area contributed by atoms with Crippen LogP contribution in [0.3, 0.4) is 0 Å². The molecule has 6 heteroatoms. The number of ether oxygens (including phenoxy) is 1. The Bertz CT molecular complexity index is 681. The third-order valence-corrected chi connectivity index (χ3v) is 4.41. The van der Waals surface area contributed by atoms with Gasteiger partial charge in [-0.25, -0.2) is 4.98 Å². The van der Waals surface area contributed by atoms with E-state index in [0.717, 1.165) is 11.4 Å². The lowest BCUT2D eigenvalue weighted by Gasteiger charge is -2.12. The molecule has 2 aromatic rings. The quantitative estimate of drug-likeness (QED) is 0.464. The molecule has 0 aliphatic heterocycles. The van der Waals surface area contributed by atoms with Crippen LogP contribution in [-0.4, -0.2) is 28.7 Å². The number of rotatable bonds is 6. The molecule has 0 amide bonds. The Morgan fingerprint density at radius 3 is 2.67 bits per heavy atom. The van der Waals surface area contributed by atoms with E-state index < -0.39 is 0 Å². The molecule has 1 heterocycles. The predicted molar refractivity (Wildman–Crippen MR) is 89.1 cm³/mol. The second-order valence-corrected chi connectivity index (χ2v) is 5.88. The lowest BCUT2D eigenvalue weighted by Crippen LogP contribution is -2.22. The molecule has 0 radical (unpaired) electrons. The molecule has 21 heavy (non-hydrogen) atoms. The van der Waals surface area contributed by atoms with E-state index in [1.807, 2.05) is 30.5 Å². The predicted octanol–water partition coefficient (Wildman–Crippen LogP) is 3.24. The zero-order chi connectivity index (χ0) is 15.2. The zero-order valence-corrected chi connectivity index (χ0v) is 13.5. The van der Waals surface area contributed by atoms with E-state index in [1.165, 1.54) is 23.5 Å². The minimum Gasteiger partial charge on any atom is -0.497 e. The van der Waals surface area contributed by atoms with Crippen molar-refractivity contribution in [1.82, 2.24) is 9.55 Å². The third kappa shape index (κ3) is 3.51. The summed E-state index contributed by atoms with van der Waals surface area (Å²) in [5.74, 6) is 1.43. The van der Waals surface area contributed by atoms with Gasteiger partial charge in [-0.2, -0.15) is 0 Å². The number of hydrogen-bond donors (Lipinski definition) is 0. The van der Waals surface area contributed by atoms with Gasteiger partial charge in [-0.3, -0.25) is 9.36 Å². The second-order valence-electron chi connectivity index (χ2n) is 4.05. The first-order valence-corrected chi connectivity index (χ1v) is 8.46. The first kappa shape index (κ1) is 15.7.